The van der Waals surface area contributed by atoms with Gasteiger partial charge in [-0.15, -0.1) is 0 Å². The van der Waals surface area contributed by atoms with Gasteiger partial charge >= 0.3 is 0 Å². The van der Waals surface area contributed by atoms with Gasteiger partial charge in [0.05, 0.1) is 4.47 Å². The van der Waals surface area contributed by atoms with Crippen molar-refractivity contribution in [3.05, 3.63) is 34.1 Å². The van der Waals surface area contributed by atoms with Crippen LogP contribution in [0.2, 0.25) is 0 Å². The van der Waals surface area contributed by atoms with E-state index in [1.165, 1.54) is 12.1 Å². The van der Waals surface area contributed by atoms with E-state index < -0.39 is 5.82 Å². The Kier molecular flexibility index (Phi) is 3.57. The van der Waals surface area contributed by atoms with Crippen LogP contribution in [-0.2, 0) is 4.79 Å². The van der Waals surface area contributed by atoms with Crippen LogP contribution in [0.5, 0.6) is 0 Å². The van der Waals surface area contributed by atoms with E-state index in [2.05, 4.69) is 15.9 Å². The molecule has 17 heavy (non-hydrogen) atoms. The average molecular weight is 300 g/mol. The summed E-state index contributed by atoms with van der Waals surface area (Å²) in [4.78, 5) is 24.7. The minimum atomic E-state index is -0.455. The second-order valence-electron chi connectivity index (χ2n) is 3.96. The number of halogens is 2. The second-order valence-corrected chi connectivity index (χ2v) is 4.81. The van der Waals surface area contributed by atoms with Crippen molar-refractivity contribution in [3.63, 3.8) is 0 Å². The maximum Gasteiger partial charge on any atom is 0.253 e. The fourth-order valence-electron chi connectivity index (χ4n) is 1.77. The van der Waals surface area contributed by atoms with Gasteiger partial charge in [0.15, 0.2) is 0 Å². The topological polar surface area (TPSA) is 37.4 Å². The van der Waals surface area contributed by atoms with Crippen LogP contribution in [-0.4, -0.2) is 29.7 Å². The number of hydrogen-bond donors (Lipinski definition) is 0. The molecule has 0 saturated carbocycles. The van der Waals surface area contributed by atoms with Gasteiger partial charge in [-0.1, -0.05) is 0 Å². The van der Waals surface area contributed by atoms with E-state index in [1.54, 1.807) is 11.0 Å². The van der Waals surface area contributed by atoms with Crippen LogP contribution in [0.4, 0.5) is 4.39 Å². The van der Waals surface area contributed by atoms with Crippen molar-refractivity contribution in [2.75, 3.05) is 13.1 Å². The van der Waals surface area contributed by atoms with Crippen molar-refractivity contribution in [1.29, 1.82) is 0 Å². The van der Waals surface area contributed by atoms with Gasteiger partial charge in [-0.3, -0.25) is 9.59 Å². The minimum absolute atomic E-state index is 0.177. The van der Waals surface area contributed by atoms with Gasteiger partial charge < -0.3 is 4.90 Å². The molecule has 0 radical (unpaired) electrons. The van der Waals surface area contributed by atoms with Crippen LogP contribution in [0.1, 0.15) is 23.2 Å². The second kappa shape index (κ2) is 4.96. The number of likely N-dealkylation sites (tertiary alicyclic amines) is 1. The van der Waals surface area contributed by atoms with E-state index in [9.17, 15) is 14.0 Å². The van der Waals surface area contributed by atoms with E-state index in [1.807, 2.05) is 0 Å². The summed E-state index contributed by atoms with van der Waals surface area (Å²) in [6.07, 6.45) is 0.787. The maximum atomic E-state index is 13.3. The van der Waals surface area contributed by atoms with Gasteiger partial charge in [-0.05, 0) is 34.1 Å². The predicted octanol–water partition coefficient (Wildman–Crippen LogP) is 2.39. The number of ketones is 1. The molecule has 1 saturated heterocycles. The summed E-state index contributed by atoms with van der Waals surface area (Å²) in [5.41, 5.74) is 0.319. The summed E-state index contributed by atoms with van der Waals surface area (Å²) in [5.74, 6) is -0.496. The maximum absolute atomic E-state index is 13.3. The first-order valence-electron chi connectivity index (χ1n) is 5.34. The molecule has 5 heteroatoms. The lowest BCUT2D eigenvalue weighted by atomic mass is 10.1. The Balaban J connectivity index is 2.14. The van der Waals surface area contributed by atoms with Crippen LogP contribution < -0.4 is 0 Å². The summed E-state index contributed by atoms with van der Waals surface area (Å²) >= 11 is 3.04. The molecule has 1 heterocycles. The molecular formula is C12H11BrFNO2. The molecular weight excluding hydrogens is 289 g/mol. The summed E-state index contributed by atoms with van der Waals surface area (Å²) < 4.78 is 13.6. The van der Waals surface area contributed by atoms with Crippen molar-refractivity contribution in [1.82, 2.24) is 4.90 Å². The zero-order valence-corrected chi connectivity index (χ0v) is 10.7. The molecule has 3 nitrogen and oxygen atoms in total. The summed E-state index contributed by atoms with van der Waals surface area (Å²) in [6.45, 7) is 0.852. The monoisotopic (exact) mass is 299 g/mol. The smallest absolute Gasteiger partial charge is 0.253 e. The fraction of sp³-hybridized carbons (Fsp3) is 0.333. The lowest BCUT2D eigenvalue weighted by molar-refractivity contribution is -0.120. The lowest BCUT2D eigenvalue weighted by Gasteiger charge is -2.26. The van der Waals surface area contributed by atoms with Crippen molar-refractivity contribution >= 4 is 27.6 Å². The van der Waals surface area contributed by atoms with Crippen molar-refractivity contribution in [2.45, 2.75) is 12.8 Å². The van der Waals surface area contributed by atoms with Crippen LogP contribution in [0.25, 0.3) is 0 Å². The van der Waals surface area contributed by atoms with E-state index in [4.69, 9.17) is 0 Å². The molecule has 0 spiro atoms. The fourth-order valence-corrected chi connectivity index (χ4v) is 2.02. The van der Waals surface area contributed by atoms with Crippen LogP contribution in [0.3, 0.4) is 0 Å². The molecule has 2 rings (SSSR count). The molecule has 0 aromatic heterocycles. The van der Waals surface area contributed by atoms with Crippen molar-refractivity contribution < 1.29 is 14.0 Å². The SMILES string of the molecule is O=C1CCN(C(=O)c2ccc(Br)c(F)c2)CC1. The summed E-state index contributed by atoms with van der Waals surface area (Å²) in [6, 6.07) is 4.30. The number of hydrogen-bond acceptors (Lipinski definition) is 2. The van der Waals surface area contributed by atoms with E-state index >= 15 is 0 Å². The molecule has 1 fully saturated rings. The number of nitrogens with zero attached hydrogens (tertiary/aromatic N) is 1. The number of benzene rings is 1. The number of amides is 1. The normalized spacial score (nSPS) is 16.1. The Hall–Kier alpha value is -1.23. The van der Waals surface area contributed by atoms with Gasteiger partial charge in [0.25, 0.3) is 5.91 Å². The highest BCUT2D eigenvalue weighted by molar-refractivity contribution is 9.10. The third-order valence-corrected chi connectivity index (χ3v) is 3.42. The molecule has 0 aliphatic carbocycles. The molecule has 1 aliphatic rings. The van der Waals surface area contributed by atoms with E-state index in [0.29, 0.717) is 36.0 Å². The molecule has 0 unspecified atom stereocenters. The molecule has 90 valence electrons. The Labute approximate surface area is 107 Å². The highest BCUT2D eigenvalue weighted by atomic mass is 79.9. The largest absolute Gasteiger partial charge is 0.338 e. The standard InChI is InChI=1S/C12H11BrFNO2/c13-10-2-1-8(7-11(10)14)12(17)15-5-3-9(16)4-6-15/h1-2,7H,3-6H2. The van der Waals surface area contributed by atoms with E-state index in [-0.39, 0.29) is 11.7 Å². The molecule has 1 amide bonds. The molecule has 1 aromatic carbocycles. The number of piperidine rings is 1. The third-order valence-electron chi connectivity index (χ3n) is 2.77. The predicted molar refractivity (Wildman–Crippen MR) is 64.2 cm³/mol. The number of Topliss-reactive ketones (excluding diaryl/α,β-unsaturated/α-hetero) is 1. The highest BCUT2D eigenvalue weighted by Crippen LogP contribution is 2.18. The third kappa shape index (κ3) is 2.72. The zero-order valence-electron chi connectivity index (χ0n) is 9.08. The zero-order chi connectivity index (χ0) is 12.4. The van der Waals surface area contributed by atoms with Gasteiger partial charge in [0, 0.05) is 31.5 Å². The molecule has 1 aliphatic heterocycles. The Morgan fingerprint density at radius 2 is 1.94 bits per heavy atom. The molecule has 0 atom stereocenters. The van der Waals surface area contributed by atoms with Crippen molar-refractivity contribution in [3.8, 4) is 0 Å². The molecule has 1 aromatic rings. The van der Waals surface area contributed by atoms with Crippen molar-refractivity contribution in [2.24, 2.45) is 0 Å². The Morgan fingerprint density at radius 3 is 2.53 bits per heavy atom. The quantitative estimate of drug-likeness (QED) is 0.798. The molecule has 0 N–H and O–H groups in total. The van der Waals surface area contributed by atoms with Crippen LogP contribution in [0, 0.1) is 5.82 Å². The van der Waals surface area contributed by atoms with Gasteiger partial charge in [0.2, 0.25) is 0 Å². The Morgan fingerprint density at radius 1 is 1.29 bits per heavy atom. The van der Waals surface area contributed by atoms with Gasteiger partial charge in [0.1, 0.15) is 11.6 Å². The summed E-state index contributed by atoms with van der Waals surface area (Å²) in [7, 11) is 0. The molecule has 0 bridgehead atoms. The van der Waals surface area contributed by atoms with Gasteiger partial charge in [-0.25, -0.2) is 4.39 Å². The highest BCUT2D eigenvalue weighted by Gasteiger charge is 2.22. The van der Waals surface area contributed by atoms with Crippen LogP contribution in [0.15, 0.2) is 22.7 Å². The number of rotatable bonds is 1. The van der Waals surface area contributed by atoms with E-state index in [0.717, 1.165) is 0 Å². The van der Waals surface area contributed by atoms with Crippen LogP contribution >= 0.6 is 15.9 Å². The summed E-state index contributed by atoms with van der Waals surface area (Å²) in [5, 5.41) is 0. The lowest BCUT2D eigenvalue weighted by Crippen LogP contribution is -2.38. The first kappa shape index (κ1) is 12.2. The number of carbonyl (C=O) groups excluding carboxylic acids is 2. The van der Waals surface area contributed by atoms with Gasteiger partial charge in [-0.2, -0.15) is 0 Å². The minimum Gasteiger partial charge on any atom is -0.338 e. The first-order valence-corrected chi connectivity index (χ1v) is 6.13. The number of carbonyl (C=O) groups is 2. The Bertz CT molecular complexity index is 466. The average Bonchev–Trinajstić information content (AvgIpc) is 2.33. The first-order chi connectivity index (χ1) is 8.08.